The molecule has 0 bridgehead atoms. The van der Waals surface area contributed by atoms with Crippen LogP contribution in [0.1, 0.15) is 17.5 Å². The number of amides is 1. The summed E-state index contributed by atoms with van der Waals surface area (Å²) in [5.41, 5.74) is 7.90. The Kier molecular flexibility index (Phi) is 4.99. The standard InChI is InChI=1S/C13H20N2O/c1-11-5-3-4-6-12(11)7-8-13(16)15(2)10-9-14/h3-6H,7-10,14H2,1-2H3. The highest BCUT2D eigenvalue weighted by atomic mass is 16.2. The molecule has 3 nitrogen and oxygen atoms in total. The molecule has 0 spiro atoms. The molecule has 0 aliphatic rings. The largest absolute Gasteiger partial charge is 0.344 e. The Labute approximate surface area is 97.2 Å². The molecule has 88 valence electrons. The van der Waals surface area contributed by atoms with Gasteiger partial charge >= 0.3 is 0 Å². The fourth-order valence-electron chi connectivity index (χ4n) is 1.64. The van der Waals surface area contributed by atoms with E-state index in [1.165, 1.54) is 11.1 Å². The summed E-state index contributed by atoms with van der Waals surface area (Å²) in [6.45, 7) is 3.22. The smallest absolute Gasteiger partial charge is 0.222 e. The Morgan fingerprint density at radius 2 is 2.06 bits per heavy atom. The highest BCUT2D eigenvalue weighted by Gasteiger charge is 2.08. The first-order valence-electron chi connectivity index (χ1n) is 5.63. The van der Waals surface area contributed by atoms with Gasteiger partial charge in [-0.15, -0.1) is 0 Å². The maximum atomic E-state index is 11.7. The first kappa shape index (κ1) is 12.7. The van der Waals surface area contributed by atoms with Crippen molar-refractivity contribution in [2.75, 3.05) is 20.1 Å². The number of nitrogens with two attached hydrogens (primary N) is 1. The number of benzene rings is 1. The summed E-state index contributed by atoms with van der Waals surface area (Å²) >= 11 is 0. The van der Waals surface area contributed by atoms with Crippen LogP contribution < -0.4 is 5.73 Å². The fraction of sp³-hybridized carbons (Fsp3) is 0.462. The number of carbonyl (C=O) groups excluding carboxylic acids is 1. The predicted molar refractivity (Wildman–Crippen MR) is 66.2 cm³/mol. The third-order valence-electron chi connectivity index (χ3n) is 2.76. The highest BCUT2D eigenvalue weighted by molar-refractivity contribution is 5.76. The van der Waals surface area contributed by atoms with Crippen LogP contribution in [0.2, 0.25) is 0 Å². The molecule has 0 fully saturated rings. The average Bonchev–Trinajstić information content (AvgIpc) is 2.28. The van der Waals surface area contributed by atoms with Crippen molar-refractivity contribution < 1.29 is 4.79 Å². The Bertz CT molecular complexity index is 350. The molecule has 3 heteroatoms. The van der Waals surface area contributed by atoms with Crippen molar-refractivity contribution in [3.05, 3.63) is 35.4 Å². The number of hydrogen-bond acceptors (Lipinski definition) is 2. The first-order valence-corrected chi connectivity index (χ1v) is 5.63. The molecule has 0 radical (unpaired) electrons. The summed E-state index contributed by atoms with van der Waals surface area (Å²) in [5, 5.41) is 0. The van der Waals surface area contributed by atoms with Gasteiger partial charge in [-0.3, -0.25) is 4.79 Å². The van der Waals surface area contributed by atoms with Gasteiger partial charge in [0.05, 0.1) is 0 Å². The summed E-state index contributed by atoms with van der Waals surface area (Å²) in [6.07, 6.45) is 1.36. The van der Waals surface area contributed by atoms with Crippen LogP contribution in [0, 0.1) is 6.92 Å². The maximum absolute atomic E-state index is 11.7. The van der Waals surface area contributed by atoms with E-state index in [2.05, 4.69) is 19.1 Å². The van der Waals surface area contributed by atoms with E-state index < -0.39 is 0 Å². The maximum Gasteiger partial charge on any atom is 0.222 e. The van der Waals surface area contributed by atoms with E-state index >= 15 is 0 Å². The second kappa shape index (κ2) is 6.28. The lowest BCUT2D eigenvalue weighted by atomic mass is 10.0. The number of rotatable bonds is 5. The number of likely N-dealkylation sites (N-methyl/N-ethyl adjacent to an activating group) is 1. The zero-order valence-corrected chi connectivity index (χ0v) is 10.1. The molecule has 1 rings (SSSR count). The van der Waals surface area contributed by atoms with Crippen molar-refractivity contribution >= 4 is 5.91 Å². The first-order chi connectivity index (χ1) is 7.65. The molecular formula is C13H20N2O. The number of nitrogens with zero attached hydrogens (tertiary/aromatic N) is 1. The van der Waals surface area contributed by atoms with E-state index in [0.717, 1.165) is 6.42 Å². The molecule has 1 aromatic carbocycles. The minimum Gasteiger partial charge on any atom is -0.344 e. The molecule has 0 unspecified atom stereocenters. The van der Waals surface area contributed by atoms with E-state index in [-0.39, 0.29) is 5.91 Å². The Balaban J connectivity index is 2.46. The van der Waals surface area contributed by atoms with Gasteiger partial charge in [0, 0.05) is 26.6 Å². The molecule has 0 heterocycles. The van der Waals surface area contributed by atoms with Gasteiger partial charge in [0.2, 0.25) is 5.91 Å². The van der Waals surface area contributed by atoms with Crippen LogP contribution in [0.3, 0.4) is 0 Å². The van der Waals surface area contributed by atoms with Gasteiger partial charge in [0.15, 0.2) is 0 Å². The van der Waals surface area contributed by atoms with Gasteiger partial charge in [0.25, 0.3) is 0 Å². The van der Waals surface area contributed by atoms with Crippen LogP contribution >= 0.6 is 0 Å². The van der Waals surface area contributed by atoms with Gasteiger partial charge in [-0.05, 0) is 24.5 Å². The van der Waals surface area contributed by atoms with Gasteiger partial charge in [-0.2, -0.15) is 0 Å². The van der Waals surface area contributed by atoms with Crippen LogP contribution in [0.5, 0.6) is 0 Å². The normalized spacial score (nSPS) is 10.2. The molecule has 0 aromatic heterocycles. The lowest BCUT2D eigenvalue weighted by Crippen LogP contribution is -2.31. The van der Waals surface area contributed by atoms with Crippen LogP contribution in [-0.4, -0.2) is 30.9 Å². The Hall–Kier alpha value is -1.35. The topological polar surface area (TPSA) is 46.3 Å². The SMILES string of the molecule is Cc1ccccc1CCC(=O)N(C)CCN. The summed E-state index contributed by atoms with van der Waals surface area (Å²) in [7, 11) is 1.80. The molecule has 0 saturated carbocycles. The Morgan fingerprint density at radius 1 is 1.38 bits per heavy atom. The van der Waals surface area contributed by atoms with Gasteiger partial charge in [0.1, 0.15) is 0 Å². The molecule has 0 aliphatic carbocycles. The molecule has 0 atom stereocenters. The second-order valence-electron chi connectivity index (χ2n) is 4.03. The number of hydrogen-bond donors (Lipinski definition) is 1. The zero-order chi connectivity index (χ0) is 12.0. The van der Waals surface area contributed by atoms with Crippen LogP contribution in [0.4, 0.5) is 0 Å². The minimum absolute atomic E-state index is 0.161. The zero-order valence-electron chi connectivity index (χ0n) is 10.1. The van der Waals surface area contributed by atoms with Gasteiger partial charge in [-0.25, -0.2) is 0 Å². The molecule has 0 saturated heterocycles. The van der Waals surface area contributed by atoms with Crippen molar-refractivity contribution in [3.63, 3.8) is 0 Å². The molecule has 16 heavy (non-hydrogen) atoms. The third kappa shape index (κ3) is 3.66. The molecular weight excluding hydrogens is 200 g/mol. The molecule has 2 N–H and O–H groups in total. The van der Waals surface area contributed by atoms with Crippen molar-refractivity contribution in [1.82, 2.24) is 4.90 Å². The minimum atomic E-state index is 0.161. The van der Waals surface area contributed by atoms with Crippen LogP contribution in [0.25, 0.3) is 0 Å². The lowest BCUT2D eigenvalue weighted by Gasteiger charge is -2.16. The quantitative estimate of drug-likeness (QED) is 0.814. The summed E-state index contributed by atoms with van der Waals surface area (Å²) in [5.74, 6) is 0.161. The summed E-state index contributed by atoms with van der Waals surface area (Å²) in [6, 6.07) is 8.17. The van der Waals surface area contributed by atoms with Crippen molar-refractivity contribution in [2.24, 2.45) is 5.73 Å². The van der Waals surface area contributed by atoms with E-state index in [4.69, 9.17) is 5.73 Å². The van der Waals surface area contributed by atoms with Crippen LogP contribution in [-0.2, 0) is 11.2 Å². The van der Waals surface area contributed by atoms with E-state index in [1.807, 2.05) is 12.1 Å². The monoisotopic (exact) mass is 220 g/mol. The van der Waals surface area contributed by atoms with E-state index in [9.17, 15) is 4.79 Å². The molecule has 0 aliphatic heterocycles. The average molecular weight is 220 g/mol. The van der Waals surface area contributed by atoms with Gasteiger partial charge < -0.3 is 10.6 Å². The van der Waals surface area contributed by atoms with Gasteiger partial charge in [-0.1, -0.05) is 24.3 Å². The van der Waals surface area contributed by atoms with Crippen molar-refractivity contribution in [3.8, 4) is 0 Å². The lowest BCUT2D eigenvalue weighted by molar-refractivity contribution is -0.129. The van der Waals surface area contributed by atoms with E-state index in [1.54, 1.807) is 11.9 Å². The Morgan fingerprint density at radius 3 is 2.69 bits per heavy atom. The highest BCUT2D eigenvalue weighted by Crippen LogP contribution is 2.10. The molecule has 1 aromatic rings. The van der Waals surface area contributed by atoms with E-state index in [0.29, 0.717) is 19.5 Å². The van der Waals surface area contributed by atoms with Crippen LogP contribution in [0.15, 0.2) is 24.3 Å². The number of carbonyl (C=O) groups is 1. The summed E-state index contributed by atoms with van der Waals surface area (Å²) < 4.78 is 0. The third-order valence-corrected chi connectivity index (χ3v) is 2.76. The second-order valence-corrected chi connectivity index (χ2v) is 4.03. The van der Waals surface area contributed by atoms with Crippen molar-refractivity contribution in [2.45, 2.75) is 19.8 Å². The summed E-state index contributed by atoms with van der Waals surface area (Å²) in [4.78, 5) is 13.4. The number of aryl methyl sites for hydroxylation is 2. The fourth-order valence-corrected chi connectivity index (χ4v) is 1.64. The predicted octanol–water partition coefficient (Wildman–Crippen LogP) is 1.34. The van der Waals surface area contributed by atoms with Crippen molar-refractivity contribution in [1.29, 1.82) is 0 Å². The molecule has 1 amide bonds.